The van der Waals surface area contributed by atoms with Crippen molar-refractivity contribution in [3.63, 3.8) is 0 Å². The lowest BCUT2D eigenvalue weighted by molar-refractivity contribution is 0.0801. The molecule has 106 valence electrons. The standard InChI is InChI=1S/C14H15ClN2O3/c1-4-17(3)14(19)11-8(2)20-16-13(11)12-9(15)6-5-7-10(12)18/h5-7,18H,4H2,1-3H3. The molecule has 0 bridgehead atoms. The van der Waals surface area contributed by atoms with E-state index in [4.69, 9.17) is 16.1 Å². The number of rotatable bonds is 3. The van der Waals surface area contributed by atoms with Gasteiger partial charge in [-0.1, -0.05) is 22.8 Å². The Balaban J connectivity index is 2.63. The number of carbonyl (C=O) groups excluding carboxylic acids is 1. The number of amides is 1. The number of carbonyl (C=O) groups is 1. The summed E-state index contributed by atoms with van der Waals surface area (Å²) in [7, 11) is 1.69. The average molecular weight is 295 g/mol. The fourth-order valence-electron chi connectivity index (χ4n) is 1.88. The Morgan fingerprint density at radius 1 is 1.50 bits per heavy atom. The normalized spacial score (nSPS) is 10.6. The lowest BCUT2D eigenvalue weighted by atomic mass is 10.0. The second kappa shape index (κ2) is 5.54. The summed E-state index contributed by atoms with van der Waals surface area (Å²) >= 11 is 6.10. The topological polar surface area (TPSA) is 66.6 Å². The number of aryl methyl sites for hydroxylation is 1. The van der Waals surface area contributed by atoms with E-state index in [1.54, 1.807) is 26.1 Å². The van der Waals surface area contributed by atoms with Gasteiger partial charge in [0.2, 0.25) is 0 Å². The molecule has 1 heterocycles. The highest BCUT2D eigenvalue weighted by atomic mass is 35.5. The zero-order chi connectivity index (χ0) is 14.9. The van der Waals surface area contributed by atoms with Gasteiger partial charge in [-0.05, 0) is 26.0 Å². The van der Waals surface area contributed by atoms with Crippen molar-refractivity contribution >= 4 is 17.5 Å². The van der Waals surface area contributed by atoms with Gasteiger partial charge in [-0.3, -0.25) is 4.79 Å². The van der Waals surface area contributed by atoms with Crippen LogP contribution in [0.1, 0.15) is 23.0 Å². The van der Waals surface area contributed by atoms with Gasteiger partial charge in [-0.25, -0.2) is 0 Å². The Labute approximate surface area is 121 Å². The van der Waals surface area contributed by atoms with Crippen LogP contribution in [0.4, 0.5) is 0 Å². The maximum absolute atomic E-state index is 12.4. The van der Waals surface area contributed by atoms with Crippen molar-refractivity contribution in [2.24, 2.45) is 0 Å². The second-order valence-corrected chi connectivity index (χ2v) is 4.82. The molecule has 2 rings (SSSR count). The summed E-state index contributed by atoms with van der Waals surface area (Å²) in [5, 5.41) is 14.2. The van der Waals surface area contributed by atoms with Crippen LogP contribution in [0.25, 0.3) is 11.3 Å². The zero-order valence-electron chi connectivity index (χ0n) is 11.5. The molecule has 2 aromatic rings. The van der Waals surface area contributed by atoms with Crippen LogP contribution in [-0.2, 0) is 0 Å². The van der Waals surface area contributed by atoms with Crippen molar-refractivity contribution in [2.45, 2.75) is 13.8 Å². The molecule has 0 aliphatic heterocycles. The third kappa shape index (κ3) is 2.36. The van der Waals surface area contributed by atoms with Gasteiger partial charge in [-0.2, -0.15) is 0 Å². The Morgan fingerprint density at radius 2 is 2.20 bits per heavy atom. The molecule has 0 spiro atoms. The number of hydrogen-bond acceptors (Lipinski definition) is 4. The molecule has 0 atom stereocenters. The number of hydrogen-bond donors (Lipinski definition) is 1. The molecule has 1 aromatic carbocycles. The summed E-state index contributed by atoms with van der Waals surface area (Å²) < 4.78 is 5.11. The highest BCUT2D eigenvalue weighted by molar-refractivity contribution is 6.33. The minimum atomic E-state index is -0.222. The third-order valence-corrected chi connectivity index (χ3v) is 3.44. The van der Waals surface area contributed by atoms with E-state index in [1.165, 1.54) is 11.0 Å². The molecule has 0 aliphatic rings. The Bertz CT molecular complexity index is 632. The SMILES string of the molecule is CCN(C)C(=O)c1c(-c2c(O)cccc2Cl)noc1C. The minimum Gasteiger partial charge on any atom is -0.507 e. The summed E-state index contributed by atoms with van der Waals surface area (Å²) in [6.45, 7) is 4.08. The van der Waals surface area contributed by atoms with Crippen molar-refractivity contribution in [1.82, 2.24) is 10.1 Å². The fourth-order valence-corrected chi connectivity index (χ4v) is 2.14. The first-order valence-electron chi connectivity index (χ1n) is 6.17. The number of benzene rings is 1. The lowest BCUT2D eigenvalue weighted by Gasteiger charge is -2.14. The number of aromatic hydroxyl groups is 1. The third-order valence-electron chi connectivity index (χ3n) is 3.13. The van der Waals surface area contributed by atoms with E-state index in [1.807, 2.05) is 6.92 Å². The summed E-state index contributed by atoms with van der Waals surface area (Å²) in [4.78, 5) is 13.9. The van der Waals surface area contributed by atoms with Gasteiger partial charge in [0.05, 0.1) is 10.6 Å². The van der Waals surface area contributed by atoms with E-state index in [0.717, 1.165) is 0 Å². The van der Waals surface area contributed by atoms with Crippen molar-refractivity contribution in [1.29, 1.82) is 0 Å². The van der Waals surface area contributed by atoms with Gasteiger partial charge in [0.1, 0.15) is 22.8 Å². The molecule has 0 fully saturated rings. The van der Waals surface area contributed by atoms with Gasteiger partial charge in [-0.15, -0.1) is 0 Å². The van der Waals surface area contributed by atoms with Crippen LogP contribution < -0.4 is 0 Å². The predicted octanol–water partition coefficient (Wildman–Crippen LogP) is 3.10. The van der Waals surface area contributed by atoms with E-state index >= 15 is 0 Å². The molecule has 0 aliphatic carbocycles. The van der Waals surface area contributed by atoms with Crippen molar-refractivity contribution in [3.05, 3.63) is 34.5 Å². The van der Waals surface area contributed by atoms with E-state index in [0.29, 0.717) is 28.5 Å². The smallest absolute Gasteiger partial charge is 0.259 e. The maximum Gasteiger partial charge on any atom is 0.259 e. The summed E-state index contributed by atoms with van der Waals surface area (Å²) in [6.07, 6.45) is 0. The number of phenols is 1. The highest BCUT2D eigenvalue weighted by Crippen LogP contribution is 2.37. The number of phenolic OH excluding ortho intramolecular Hbond substituents is 1. The first-order valence-corrected chi connectivity index (χ1v) is 6.54. The first kappa shape index (κ1) is 14.4. The lowest BCUT2D eigenvalue weighted by Crippen LogP contribution is -2.26. The molecule has 1 aromatic heterocycles. The molecular weight excluding hydrogens is 280 g/mol. The van der Waals surface area contributed by atoms with Gasteiger partial charge in [0, 0.05) is 13.6 Å². The summed E-state index contributed by atoms with van der Waals surface area (Å²) in [5.41, 5.74) is 0.882. The van der Waals surface area contributed by atoms with Crippen LogP contribution >= 0.6 is 11.6 Å². The number of aromatic nitrogens is 1. The van der Waals surface area contributed by atoms with Gasteiger partial charge in [0.15, 0.2) is 0 Å². The van der Waals surface area contributed by atoms with Crippen LogP contribution in [0.5, 0.6) is 5.75 Å². The van der Waals surface area contributed by atoms with E-state index in [2.05, 4.69) is 5.16 Å². The van der Waals surface area contributed by atoms with Crippen LogP contribution in [0.2, 0.25) is 5.02 Å². The molecule has 6 heteroatoms. The summed E-state index contributed by atoms with van der Waals surface area (Å²) in [6, 6.07) is 4.73. The maximum atomic E-state index is 12.4. The van der Waals surface area contributed by atoms with Crippen molar-refractivity contribution < 1.29 is 14.4 Å². The van der Waals surface area contributed by atoms with E-state index in [-0.39, 0.29) is 17.4 Å². The molecule has 5 nitrogen and oxygen atoms in total. The molecular formula is C14H15ClN2O3. The molecule has 1 amide bonds. The molecule has 0 saturated heterocycles. The molecule has 0 unspecified atom stereocenters. The number of halogens is 1. The quantitative estimate of drug-likeness (QED) is 0.944. The van der Waals surface area contributed by atoms with Crippen molar-refractivity contribution in [3.8, 4) is 17.0 Å². The van der Waals surface area contributed by atoms with Crippen LogP contribution in [0.3, 0.4) is 0 Å². The fraction of sp³-hybridized carbons (Fsp3) is 0.286. The van der Waals surface area contributed by atoms with E-state index in [9.17, 15) is 9.90 Å². The number of nitrogens with zero attached hydrogens (tertiary/aromatic N) is 2. The van der Waals surface area contributed by atoms with Crippen LogP contribution in [0, 0.1) is 6.92 Å². The Hall–Kier alpha value is -2.01. The largest absolute Gasteiger partial charge is 0.507 e. The Morgan fingerprint density at radius 3 is 2.80 bits per heavy atom. The second-order valence-electron chi connectivity index (χ2n) is 4.42. The molecule has 0 radical (unpaired) electrons. The van der Waals surface area contributed by atoms with Crippen molar-refractivity contribution in [2.75, 3.05) is 13.6 Å². The van der Waals surface area contributed by atoms with Crippen LogP contribution in [0.15, 0.2) is 22.7 Å². The molecule has 20 heavy (non-hydrogen) atoms. The minimum absolute atomic E-state index is 0.0426. The van der Waals surface area contributed by atoms with E-state index < -0.39 is 0 Å². The van der Waals surface area contributed by atoms with Crippen LogP contribution in [-0.4, -0.2) is 34.7 Å². The van der Waals surface area contributed by atoms with Gasteiger partial charge in [0.25, 0.3) is 5.91 Å². The molecule has 1 N–H and O–H groups in total. The average Bonchev–Trinajstić information content (AvgIpc) is 2.78. The van der Waals surface area contributed by atoms with Gasteiger partial charge >= 0.3 is 0 Å². The predicted molar refractivity (Wildman–Crippen MR) is 76.0 cm³/mol. The molecule has 0 saturated carbocycles. The summed E-state index contributed by atoms with van der Waals surface area (Å²) in [5.74, 6) is 0.129. The van der Waals surface area contributed by atoms with Gasteiger partial charge < -0.3 is 14.5 Å². The first-order chi connectivity index (χ1) is 9.47. The monoisotopic (exact) mass is 294 g/mol. The highest BCUT2D eigenvalue weighted by Gasteiger charge is 2.26. The Kier molecular flexibility index (Phi) is 3.99. The zero-order valence-corrected chi connectivity index (χ0v) is 12.2.